The van der Waals surface area contributed by atoms with Crippen LogP contribution < -0.4 is 0 Å². The van der Waals surface area contributed by atoms with E-state index in [4.69, 9.17) is 18.5 Å². The number of allylic oxidation sites excluding steroid dienone is 9. The maximum absolute atomic E-state index is 12.8. The summed E-state index contributed by atoms with van der Waals surface area (Å²) in [5.41, 5.74) is 0. The maximum Gasteiger partial charge on any atom is 0.472 e. The number of phosphoric acid groups is 1. The maximum atomic E-state index is 12.8. The van der Waals surface area contributed by atoms with Crippen molar-refractivity contribution in [3.63, 3.8) is 0 Å². The second-order valence-corrected chi connectivity index (χ2v) is 18.7. The standard InChI is InChI=1S/C51H89O13P/c1-3-5-7-9-11-13-15-17-19-20-21-22-23-24-26-27-29-31-33-35-37-39-44(52)61-41-43(42-62-65(59,60)64-51-49(57)47(55)46(54)48(56)50(51)58)63-45(53)40-38-36-34-32-30-28-25-18-16-14-12-10-8-6-4-2/h6,8,12,14,18,25,30,32,36,38,43,46-51,54-58H,3-5,7,9-11,13,15-17,19-24,26-29,31,33-35,37,39-42H2,1-2H3,(H,59,60)/b8-6-,14-12-,25-18-,32-30-,38-36-. The molecular formula is C51H89O13P. The second-order valence-electron chi connectivity index (χ2n) is 17.3. The summed E-state index contributed by atoms with van der Waals surface area (Å²) in [7, 11) is -5.15. The van der Waals surface area contributed by atoms with E-state index < -0.39 is 75.7 Å². The molecule has 0 aromatic rings. The van der Waals surface area contributed by atoms with E-state index in [2.05, 4.69) is 50.3 Å². The van der Waals surface area contributed by atoms with Gasteiger partial charge in [-0.15, -0.1) is 0 Å². The molecular weight excluding hydrogens is 852 g/mol. The summed E-state index contributed by atoms with van der Waals surface area (Å²) in [4.78, 5) is 35.7. The van der Waals surface area contributed by atoms with Crippen LogP contribution in [0.4, 0.5) is 0 Å². The van der Waals surface area contributed by atoms with Crippen LogP contribution >= 0.6 is 7.82 Å². The zero-order chi connectivity index (χ0) is 47.8. The lowest BCUT2D eigenvalue weighted by molar-refractivity contribution is -0.220. The van der Waals surface area contributed by atoms with E-state index in [1.165, 1.54) is 109 Å². The van der Waals surface area contributed by atoms with Gasteiger partial charge in [0.25, 0.3) is 0 Å². The molecule has 376 valence electrons. The van der Waals surface area contributed by atoms with Gasteiger partial charge in [0, 0.05) is 6.42 Å². The van der Waals surface area contributed by atoms with Gasteiger partial charge in [-0.05, 0) is 38.5 Å². The molecule has 6 unspecified atom stereocenters. The molecule has 0 heterocycles. The minimum absolute atomic E-state index is 0.136. The van der Waals surface area contributed by atoms with Gasteiger partial charge < -0.3 is 39.9 Å². The van der Waals surface area contributed by atoms with E-state index in [9.17, 15) is 44.6 Å². The van der Waals surface area contributed by atoms with Crippen molar-refractivity contribution in [3.05, 3.63) is 60.8 Å². The van der Waals surface area contributed by atoms with Crippen LogP contribution in [0.15, 0.2) is 60.8 Å². The zero-order valence-corrected chi connectivity index (χ0v) is 40.9. The summed E-state index contributed by atoms with van der Waals surface area (Å²) in [5, 5.41) is 50.2. The van der Waals surface area contributed by atoms with Crippen LogP contribution in [0.1, 0.15) is 194 Å². The molecule has 13 nitrogen and oxygen atoms in total. The fourth-order valence-corrected chi connectivity index (χ4v) is 8.40. The molecule has 65 heavy (non-hydrogen) atoms. The van der Waals surface area contributed by atoms with Crippen molar-refractivity contribution in [1.82, 2.24) is 0 Å². The van der Waals surface area contributed by atoms with Crippen molar-refractivity contribution in [1.29, 1.82) is 0 Å². The van der Waals surface area contributed by atoms with Gasteiger partial charge in [-0.2, -0.15) is 0 Å². The van der Waals surface area contributed by atoms with Crippen LogP contribution in [0.25, 0.3) is 0 Å². The van der Waals surface area contributed by atoms with Crippen molar-refractivity contribution < 1.29 is 63.1 Å². The third-order valence-electron chi connectivity index (χ3n) is 11.4. The van der Waals surface area contributed by atoms with E-state index in [1.807, 2.05) is 12.2 Å². The number of esters is 2. The lowest BCUT2D eigenvalue weighted by Gasteiger charge is -2.41. The molecule has 1 aliphatic rings. The molecule has 6 N–H and O–H groups in total. The lowest BCUT2D eigenvalue weighted by Crippen LogP contribution is -2.64. The first-order valence-electron chi connectivity index (χ1n) is 25.1. The minimum Gasteiger partial charge on any atom is -0.462 e. The molecule has 1 fully saturated rings. The molecule has 14 heteroatoms. The average molecular weight is 941 g/mol. The molecule has 1 rings (SSSR count). The number of ether oxygens (including phenoxy) is 2. The highest BCUT2D eigenvalue weighted by atomic mass is 31.2. The van der Waals surface area contributed by atoms with Gasteiger partial charge in [-0.3, -0.25) is 18.6 Å². The average Bonchev–Trinajstić information content (AvgIpc) is 3.29. The Kier molecular flexibility index (Phi) is 37.8. The van der Waals surface area contributed by atoms with E-state index >= 15 is 0 Å². The van der Waals surface area contributed by atoms with E-state index in [0.717, 1.165) is 44.9 Å². The van der Waals surface area contributed by atoms with Crippen LogP contribution in [-0.2, 0) is 32.7 Å². The van der Waals surface area contributed by atoms with Crippen molar-refractivity contribution in [2.45, 2.75) is 236 Å². The van der Waals surface area contributed by atoms with Gasteiger partial charge in [-0.1, -0.05) is 203 Å². The van der Waals surface area contributed by atoms with Crippen molar-refractivity contribution in [2.75, 3.05) is 13.2 Å². The third kappa shape index (κ3) is 32.8. The van der Waals surface area contributed by atoms with Gasteiger partial charge >= 0.3 is 19.8 Å². The Bertz CT molecular complexity index is 1370. The summed E-state index contributed by atoms with van der Waals surface area (Å²) in [6.07, 6.45) is 37.4. The Morgan fingerprint density at radius 2 is 0.862 bits per heavy atom. The highest BCUT2D eigenvalue weighted by Crippen LogP contribution is 2.47. The molecule has 0 spiro atoms. The highest BCUT2D eigenvalue weighted by molar-refractivity contribution is 7.47. The molecule has 0 amide bonds. The smallest absolute Gasteiger partial charge is 0.462 e. The molecule has 0 aromatic carbocycles. The number of carbonyl (C=O) groups excluding carboxylic acids is 2. The number of rotatable bonds is 41. The molecule has 0 saturated heterocycles. The first kappa shape index (κ1) is 60.6. The highest BCUT2D eigenvalue weighted by Gasteiger charge is 2.51. The molecule has 1 aliphatic carbocycles. The zero-order valence-electron chi connectivity index (χ0n) is 40.0. The Morgan fingerprint density at radius 3 is 1.28 bits per heavy atom. The summed E-state index contributed by atoms with van der Waals surface area (Å²) >= 11 is 0. The van der Waals surface area contributed by atoms with Gasteiger partial charge in [0.05, 0.1) is 13.0 Å². The third-order valence-corrected chi connectivity index (χ3v) is 12.4. The second kappa shape index (κ2) is 40.6. The fourth-order valence-electron chi connectivity index (χ4n) is 7.42. The summed E-state index contributed by atoms with van der Waals surface area (Å²) in [6, 6.07) is 0. The number of hydrogen-bond acceptors (Lipinski definition) is 12. The largest absolute Gasteiger partial charge is 0.472 e. The predicted molar refractivity (Wildman–Crippen MR) is 258 cm³/mol. The molecule has 0 aromatic heterocycles. The number of carbonyl (C=O) groups is 2. The number of unbranched alkanes of at least 4 members (excludes halogenated alkanes) is 20. The SMILES string of the molecule is CC/C=C\C/C=C\C/C=C\C/C=C\C/C=C\CC(=O)OC(COC(=O)CCCCCCCCCCCCCCCCCCCCCCC)COP(=O)(O)OC1C(O)C(O)C(O)C(O)C1O. The summed E-state index contributed by atoms with van der Waals surface area (Å²) < 4.78 is 33.5. The monoisotopic (exact) mass is 941 g/mol. The van der Waals surface area contributed by atoms with Crippen molar-refractivity contribution in [3.8, 4) is 0 Å². The minimum atomic E-state index is -5.15. The normalized spacial score (nSPS) is 21.9. The van der Waals surface area contributed by atoms with Gasteiger partial charge in [0.1, 0.15) is 43.2 Å². The van der Waals surface area contributed by atoms with E-state index in [-0.39, 0.29) is 12.8 Å². The molecule has 0 bridgehead atoms. The Labute approximate surface area is 392 Å². The number of aliphatic hydroxyl groups excluding tert-OH is 5. The van der Waals surface area contributed by atoms with Gasteiger partial charge in [0.15, 0.2) is 6.10 Å². The van der Waals surface area contributed by atoms with E-state index in [1.54, 1.807) is 12.2 Å². The van der Waals surface area contributed by atoms with Crippen LogP contribution in [0.5, 0.6) is 0 Å². The van der Waals surface area contributed by atoms with Gasteiger partial charge in [0.2, 0.25) is 0 Å². The first-order chi connectivity index (χ1) is 31.4. The summed E-state index contributed by atoms with van der Waals surface area (Å²) in [6.45, 7) is 3.12. The Hall–Kier alpha value is -2.45. The Morgan fingerprint density at radius 1 is 0.492 bits per heavy atom. The van der Waals surface area contributed by atoms with Crippen molar-refractivity contribution in [2.24, 2.45) is 0 Å². The molecule has 0 radical (unpaired) electrons. The van der Waals surface area contributed by atoms with Gasteiger partial charge in [-0.25, -0.2) is 4.57 Å². The van der Waals surface area contributed by atoms with Crippen LogP contribution in [0, 0.1) is 0 Å². The number of hydrogen-bond donors (Lipinski definition) is 6. The quantitative estimate of drug-likeness (QED) is 0.0146. The van der Waals surface area contributed by atoms with Crippen molar-refractivity contribution >= 4 is 19.8 Å². The lowest BCUT2D eigenvalue weighted by atomic mass is 9.85. The molecule has 1 saturated carbocycles. The van der Waals surface area contributed by atoms with Crippen LogP contribution in [0.2, 0.25) is 0 Å². The number of aliphatic hydroxyl groups is 5. The first-order valence-corrected chi connectivity index (χ1v) is 26.6. The fraction of sp³-hybridized carbons (Fsp3) is 0.765. The topological polar surface area (TPSA) is 210 Å². The van der Waals surface area contributed by atoms with Crippen LogP contribution in [0.3, 0.4) is 0 Å². The molecule has 6 atom stereocenters. The number of phosphoric ester groups is 1. The Balaban J connectivity index is 2.43. The molecule has 0 aliphatic heterocycles. The summed E-state index contributed by atoms with van der Waals surface area (Å²) in [5.74, 6) is -1.24. The van der Waals surface area contributed by atoms with Crippen LogP contribution in [-0.4, -0.2) is 98.3 Å². The van der Waals surface area contributed by atoms with E-state index in [0.29, 0.717) is 12.8 Å². The predicted octanol–water partition coefficient (Wildman–Crippen LogP) is 10.5.